The SMILES string of the molecule is COCC(O)CCNc1cncc(-n2nc(C)cc2C)n1. The lowest BCUT2D eigenvalue weighted by Gasteiger charge is -2.11. The van der Waals surface area contributed by atoms with Gasteiger partial charge in [0.15, 0.2) is 5.82 Å². The van der Waals surface area contributed by atoms with E-state index in [9.17, 15) is 5.11 Å². The number of methoxy groups -OCH3 is 1. The van der Waals surface area contributed by atoms with Gasteiger partial charge in [0.05, 0.1) is 30.8 Å². The molecule has 7 nitrogen and oxygen atoms in total. The molecule has 0 saturated carbocycles. The number of aryl methyl sites for hydroxylation is 2. The summed E-state index contributed by atoms with van der Waals surface area (Å²) in [6.45, 7) is 4.85. The van der Waals surface area contributed by atoms with Crippen molar-refractivity contribution in [2.24, 2.45) is 0 Å². The summed E-state index contributed by atoms with van der Waals surface area (Å²) in [5.41, 5.74) is 1.95. The van der Waals surface area contributed by atoms with Gasteiger partial charge in [0.1, 0.15) is 5.82 Å². The Kier molecular flexibility index (Phi) is 5.24. The molecule has 0 aliphatic rings. The number of aliphatic hydroxyl groups is 1. The maximum atomic E-state index is 9.58. The van der Waals surface area contributed by atoms with Gasteiger partial charge in [-0.3, -0.25) is 4.98 Å². The molecular weight excluding hydrogens is 270 g/mol. The van der Waals surface area contributed by atoms with Crippen molar-refractivity contribution in [3.8, 4) is 5.82 Å². The maximum Gasteiger partial charge on any atom is 0.174 e. The lowest BCUT2D eigenvalue weighted by molar-refractivity contribution is 0.0615. The van der Waals surface area contributed by atoms with Crippen molar-refractivity contribution in [2.75, 3.05) is 25.6 Å². The van der Waals surface area contributed by atoms with E-state index in [2.05, 4.69) is 20.4 Å². The molecule has 0 aliphatic heterocycles. The zero-order valence-electron chi connectivity index (χ0n) is 12.6. The Morgan fingerprint density at radius 1 is 1.38 bits per heavy atom. The van der Waals surface area contributed by atoms with Crippen molar-refractivity contribution in [1.82, 2.24) is 19.7 Å². The van der Waals surface area contributed by atoms with E-state index >= 15 is 0 Å². The van der Waals surface area contributed by atoms with E-state index in [4.69, 9.17) is 4.74 Å². The molecule has 0 bridgehead atoms. The Balaban J connectivity index is 2.00. The maximum absolute atomic E-state index is 9.58. The van der Waals surface area contributed by atoms with Crippen molar-refractivity contribution in [1.29, 1.82) is 0 Å². The van der Waals surface area contributed by atoms with Crippen LogP contribution in [0.15, 0.2) is 18.5 Å². The van der Waals surface area contributed by atoms with Gasteiger partial charge in [-0.25, -0.2) is 9.67 Å². The number of nitrogens with zero attached hydrogens (tertiary/aromatic N) is 4. The minimum Gasteiger partial charge on any atom is -0.391 e. The standard InChI is InChI=1S/C14H21N5O2/c1-10-6-11(2)19(18-10)14-8-15-7-13(17-14)16-5-4-12(20)9-21-3/h6-8,12,20H,4-5,9H2,1-3H3,(H,16,17). The summed E-state index contributed by atoms with van der Waals surface area (Å²) in [5.74, 6) is 1.33. The van der Waals surface area contributed by atoms with Crippen molar-refractivity contribution < 1.29 is 9.84 Å². The van der Waals surface area contributed by atoms with E-state index in [1.54, 1.807) is 24.2 Å². The third-order valence-corrected chi connectivity index (χ3v) is 2.99. The molecule has 0 spiro atoms. The highest BCUT2D eigenvalue weighted by Crippen LogP contribution is 2.11. The van der Waals surface area contributed by atoms with Crippen LogP contribution in [0.5, 0.6) is 0 Å². The van der Waals surface area contributed by atoms with Gasteiger partial charge in [-0.15, -0.1) is 0 Å². The summed E-state index contributed by atoms with van der Waals surface area (Å²) in [6, 6.07) is 1.99. The highest BCUT2D eigenvalue weighted by molar-refractivity contribution is 5.36. The van der Waals surface area contributed by atoms with Crippen molar-refractivity contribution in [3.05, 3.63) is 29.8 Å². The van der Waals surface area contributed by atoms with Crippen molar-refractivity contribution in [2.45, 2.75) is 26.4 Å². The van der Waals surface area contributed by atoms with E-state index in [1.165, 1.54) is 0 Å². The molecular formula is C14H21N5O2. The molecule has 1 atom stereocenters. The Hall–Kier alpha value is -1.99. The quantitative estimate of drug-likeness (QED) is 0.794. The third-order valence-electron chi connectivity index (χ3n) is 2.99. The van der Waals surface area contributed by atoms with Gasteiger partial charge < -0.3 is 15.2 Å². The Labute approximate surface area is 124 Å². The molecule has 0 fully saturated rings. The van der Waals surface area contributed by atoms with Crippen LogP contribution in [0.25, 0.3) is 5.82 Å². The second kappa shape index (κ2) is 7.14. The van der Waals surface area contributed by atoms with E-state index in [0.717, 1.165) is 11.4 Å². The highest BCUT2D eigenvalue weighted by atomic mass is 16.5. The summed E-state index contributed by atoms with van der Waals surface area (Å²) >= 11 is 0. The lowest BCUT2D eigenvalue weighted by Crippen LogP contribution is -2.18. The number of hydrogen-bond donors (Lipinski definition) is 2. The first kappa shape index (κ1) is 15.4. The number of aliphatic hydroxyl groups excluding tert-OH is 1. The van der Waals surface area contributed by atoms with E-state index < -0.39 is 6.10 Å². The van der Waals surface area contributed by atoms with E-state index in [-0.39, 0.29) is 0 Å². The van der Waals surface area contributed by atoms with Gasteiger partial charge in [-0.1, -0.05) is 0 Å². The largest absolute Gasteiger partial charge is 0.391 e. The molecule has 0 saturated heterocycles. The average Bonchev–Trinajstić information content (AvgIpc) is 2.78. The number of ether oxygens (including phenoxy) is 1. The Bertz CT molecular complexity index is 584. The predicted octanol–water partition coefficient (Wildman–Crippen LogP) is 1.09. The van der Waals surface area contributed by atoms with Crippen molar-refractivity contribution >= 4 is 5.82 Å². The minimum atomic E-state index is -0.477. The fourth-order valence-corrected chi connectivity index (χ4v) is 2.05. The number of anilines is 1. The molecule has 0 aliphatic carbocycles. The molecule has 0 aromatic carbocycles. The molecule has 1 unspecified atom stereocenters. The second-order valence-corrected chi connectivity index (χ2v) is 4.93. The van der Waals surface area contributed by atoms with Gasteiger partial charge in [0.25, 0.3) is 0 Å². The van der Waals surface area contributed by atoms with Gasteiger partial charge in [0.2, 0.25) is 0 Å². The summed E-state index contributed by atoms with van der Waals surface area (Å²) in [6.07, 6.45) is 3.43. The van der Waals surface area contributed by atoms with Crippen LogP contribution in [0.4, 0.5) is 5.82 Å². The summed E-state index contributed by atoms with van der Waals surface area (Å²) in [5, 5.41) is 17.1. The van der Waals surface area contributed by atoms with Gasteiger partial charge in [0, 0.05) is 19.3 Å². The van der Waals surface area contributed by atoms with Crippen LogP contribution in [0.1, 0.15) is 17.8 Å². The minimum absolute atomic E-state index is 0.332. The fourth-order valence-electron chi connectivity index (χ4n) is 2.05. The Morgan fingerprint density at radius 3 is 2.86 bits per heavy atom. The predicted molar refractivity (Wildman–Crippen MR) is 79.6 cm³/mol. The fraction of sp³-hybridized carbons (Fsp3) is 0.500. The van der Waals surface area contributed by atoms with Crippen LogP contribution in [0, 0.1) is 13.8 Å². The smallest absolute Gasteiger partial charge is 0.174 e. The Morgan fingerprint density at radius 2 is 2.19 bits per heavy atom. The normalized spacial score (nSPS) is 12.4. The number of nitrogens with one attached hydrogen (secondary N) is 1. The molecule has 2 N–H and O–H groups in total. The number of aromatic nitrogens is 4. The molecule has 2 heterocycles. The topological polar surface area (TPSA) is 85.1 Å². The van der Waals surface area contributed by atoms with Gasteiger partial charge >= 0.3 is 0 Å². The monoisotopic (exact) mass is 291 g/mol. The molecule has 114 valence electrons. The highest BCUT2D eigenvalue weighted by Gasteiger charge is 2.07. The van der Waals surface area contributed by atoms with Gasteiger partial charge in [-0.2, -0.15) is 5.10 Å². The third kappa shape index (κ3) is 4.24. The summed E-state index contributed by atoms with van der Waals surface area (Å²) in [7, 11) is 1.57. The first-order valence-electron chi connectivity index (χ1n) is 6.86. The number of hydrogen-bond acceptors (Lipinski definition) is 6. The first-order valence-corrected chi connectivity index (χ1v) is 6.86. The second-order valence-electron chi connectivity index (χ2n) is 4.93. The van der Waals surface area contributed by atoms with Crippen LogP contribution in [-0.2, 0) is 4.74 Å². The summed E-state index contributed by atoms with van der Waals surface area (Å²) < 4.78 is 6.64. The average molecular weight is 291 g/mol. The van der Waals surface area contributed by atoms with Gasteiger partial charge in [-0.05, 0) is 26.3 Å². The molecule has 2 rings (SSSR count). The van der Waals surface area contributed by atoms with Crippen LogP contribution < -0.4 is 5.32 Å². The first-order chi connectivity index (χ1) is 10.1. The lowest BCUT2D eigenvalue weighted by atomic mass is 10.3. The molecule has 7 heteroatoms. The van der Waals surface area contributed by atoms with Crippen LogP contribution in [0.2, 0.25) is 0 Å². The van der Waals surface area contributed by atoms with Crippen molar-refractivity contribution in [3.63, 3.8) is 0 Å². The molecule has 0 amide bonds. The van der Waals surface area contributed by atoms with Crippen LogP contribution >= 0.6 is 0 Å². The van der Waals surface area contributed by atoms with Crippen LogP contribution in [0.3, 0.4) is 0 Å². The molecule has 0 radical (unpaired) electrons. The molecule has 21 heavy (non-hydrogen) atoms. The number of rotatable bonds is 7. The summed E-state index contributed by atoms with van der Waals surface area (Å²) in [4.78, 5) is 8.65. The van der Waals surface area contributed by atoms with E-state index in [1.807, 2.05) is 19.9 Å². The van der Waals surface area contributed by atoms with Crippen LogP contribution in [-0.4, -0.2) is 51.2 Å². The zero-order valence-corrected chi connectivity index (χ0v) is 12.6. The van der Waals surface area contributed by atoms with E-state index in [0.29, 0.717) is 31.2 Å². The zero-order chi connectivity index (χ0) is 15.2. The molecule has 2 aromatic rings. The molecule has 2 aromatic heterocycles.